The zero-order chi connectivity index (χ0) is 16.4. The third kappa shape index (κ3) is 4.13. The van der Waals surface area contributed by atoms with Crippen molar-refractivity contribution in [2.45, 2.75) is 19.5 Å². The van der Waals surface area contributed by atoms with Gasteiger partial charge < -0.3 is 14.5 Å². The van der Waals surface area contributed by atoms with Gasteiger partial charge in [0.1, 0.15) is 5.56 Å². The van der Waals surface area contributed by atoms with E-state index in [1.165, 1.54) is 11.9 Å². The minimum atomic E-state index is -5.53. The average Bonchev–Trinajstić information content (AvgIpc) is 2.25. The van der Waals surface area contributed by atoms with Gasteiger partial charge in [-0.05, 0) is 6.92 Å². The van der Waals surface area contributed by atoms with Gasteiger partial charge in [-0.2, -0.15) is 13.2 Å². The number of pyridine rings is 1. The van der Waals surface area contributed by atoms with Crippen molar-refractivity contribution in [3.8, 4) is 5.75 Å². The number of alkyl halides is 6. The second kappa shape index (κ2) is 5.66. The first kappa shape index (κ1) is 16.9. The number of rotatable bonds is 3. The smallest absolute Gasteiger partial charge is 0.462 e. The Morgan fingerprint density at radius 1 is 1.24 bits per heavy atom. The lowest BCUT2D eigenvalue weighted by Crippen LogP contribution is -2.28. The van der Waals surface area contributed by atoms with Crippen LogP contribution in [0.1, 0.15) is 22.8 Å². The number of hydrogen-bond acceptors (Lipinski definition) is 4. The van der Waals surface area contributed by atoms with E-state index >= 15 is 0 Å². The monoisotopic (exact) mass is 319 g/mol. The highest BCUT2D eigenvalue weighted by Gasteiger charge is 2.43. The van der Waals surface area contributed by atoms with Crippen LogP contribution < -0.4 is 10.3 Å². The van der Waals surface area contributed by atoms with E-state index in [0.717, 1.165) is 0 Å². The zero-order valence-corrected chi connectivity index (χ0v) is 10.2. The highest BCUT2D eigenvalue weighted by Crippen LogP contribution is 2.39. The molecule has 118 valence electrons. The van der Waals surface area contributed by atoms with Gasteiger partial charge in [0, 0.05) is 6.20 Å². The number of hydrogen-bond donors (Lipinski definition) is 1. The fourth-order valence-electron chi connectivity index (χ4n) is 1.33. The Kier molecular flexibility index (Phi) is 4.54. The molecule has 11 heteroatoms. The number of aromatic nitrogens is 1. The van der Waals surface area contributed by atoms with Gasteiger partial charge >= 0.3 is 18.5 Å². The van der Waals surface area contributed by atoms with Crippen LogP contribution in [0.5, 0.6) is 5.75 Å². The summed E-state index contributed by atoms with van der Waals surface area (Å²) in [6, 6.07) is 0. The number of ether oxygens (including phenoxy) is 2. The van der Waals surface area contributed by atoms with Crippen molar-refractivity contribution in [2.75, 3.05) is 6.61 Å². The van der Waals surface area contributed by atoms with Gasteiger partial charge in [0.15, 0.2) is 11.3 Å². The maximum atomic E-state index is 12.7. The van der Waals surface area contributed by atoms with Crippen LogP contribution in [0.15, 0.2) is 11.0 Å². The van der Waals surface area contributed by atoms with Crippen LogP contribution in [0.25, 0.3) is 0 Å². The number of H-pyrrole nitrogens is 1. The number of carbonyl (C=O) groups excluding carboxylic acids is 1. The number of halogens is 6. The molecule has 0 amide bonds. The normalized spacial score (nSPS) is 12.1. The molecule has 1 rings (SSSR count). The molecule has 0 radical (unpaired) electrons. The van der Waals surface area contributed by atoms with Crippen molar-refractivity contribution >= 4 is 5.97 Å². The van der Waals surface area contributed by atoms with Crippen molar-refractivity contribution in [1.29, 1.82) is 0 Å². The van der Waals surface area contributed by atoms with Crippen molar-refractivity contribution in [2.24, 2.45) is 0 Å². The lowest BCUT2D eigenvalue weighted by atomic mass is 10.1. The molecule has 0 spiro atoms. The summed E-state index contributed by atoms with van der Waals surface area (Å²) < 4.78 is 82.1. The maximum absolute atomic E-state index is 12.7. The number of aromatic amines is 1. The van der Waals surface area contributed by atoms with Gasteiger partial charge in [0.25, 0.3) is 5.56 Å². The molecule has 0 aliphatic heterocycles. The molecule has 0 saturated heterocycles. The second-order valence-corrected chi connectivity index (χ2v) is 3.50. The highest BCUT2D eigenvalue weighted by atomic mass is 19.4. The largest absolute Gasteiger partial charge is 0.573 e. The summed E-state index contributed by atoms with van der Waals surface area (Å²) in [5, 5.41) is 0. The molecule has 1 heterocycles. The first-order chi connectivity index (χ1) is 9.47. The Morgan fingerprint density at radius 3 is 2.24 bits per heavy atom. The minimum Gasteiger partial charge on any atom is -0.462 e. The Labute approximate surface area is 112 Å². The van der Waals surface area contributed by atoms with E-state index in [2.05, 4.69) is 9.47 Å². The molecule has 0 aliphatic carbocycles. The van der Waals surface area contributed by atoms with Crippen LogP contribution in [0.4, 0.5) is 26.3 Å². The lowest BCUT2D eigenvalue weighted by Gasteiger charge is -2.17. The quantitative estimate of drug-likeness (QED) is 0.686. The number of esters is 1. The molecule has 0 saturated carbocycles. The molecule has 21 heavy (non-hydrogen) atoms. The van der Waals surface area contributed by atoms with E-state index in [4.69, 9.17) is 0 Å². The molecular weight excluding hydrogens is 312 g/mol. The van der Waals surface area contributed by atoms with E-state index in [1.54, 1.807) is 0 Å². The molecule has 1 aromatic heterocycles. The lowest BCUT2D eigenvalue weighted by molar-refractivity contribution is -0.276. The topological polar surface area (TPSA) is 68.4 Å². The first-order valence-electron chi connectivity index (χ1n) is 5.23. The van der Waals surface area contributed by atoms with Crippen molar-refractivity contribution in [1.82, 2.24) is 4.98 Å². The molecule has 0 unspecified atom stereocenters. The predicted octanol–water partition coefficient (Wildman–Crippen LogP) is 2.47. The third-order valence-corrected chi connectivity index (χ3v) is 2.05. The molecule has 0 aliphatic rings. The summed E-state index contributed by atoms with van der Waals surface area (Å²) in [5.41, 5.74) is -4.97. The summed E-state index contributed by atoms with van der Waals surface area (Å²) in [5.74, 6) is -3.61. The van der Waals surface area contributed by atoms with Gasteiger partial charge in [0.05, 0.1) is 6.61 Å². The first-order valence-corrected chi connectivity index (χ1v) is 5.23. The third-order valence-electron chi connectivity index (χ3n) is 2.05. The van der Waals surface area contributed by atoms with Crippen molar-refractivity contribution in [3.63, 3.8) is 0 Å². The van der Waals surface area contributed by atoms with E-state index in [0.29, 0.717) is 0 Å². The van der Waals surface area contributed by atoms with E-state index in [-0.39, 0.29) is 12.8 Å². The maximum Gasteiger partial charge on any atom is 0.573 e. The SMILES string of the molecule is CCOC(=O)c1c(OC(F)(F)F)c(C(F)(F)F)c[nH]c1=O. The summed E-state index contributed by atoms with van der Waals surface area (Å²) in [6.07, 6.45) is -10.8. The highest BCUT2D eigenvalue weighted by molar-refractivity contribution is 5.92. The summed E-state index contributed by atoms with van der Waals surface area (Å²) in [4.78, 5) is 24.3. The van der Waals surface area contributed by atoms with Crippen molar-refractivity contribution in [3.05, 3.63) is 27.7 Å². The molecular formula is C10H7F6NO4. The Balaban J connectivity index is 3.60. The standard InChI is InChI=1S/C10H7F6NO4/c1-2-20-8(19)5-6(21-10(14,15)16)4(9(11,12)13)3-17-7(5)18/h3H,2H2,1H3,(H,17,18). The van der Waals surface area contributed by atoms with Crippen LogP contribution in [0, 0.1) is 0 Å². The van der Waals surface area contributed by atoms with E-state index in [1.807, 2.05) is 0 Å². The average molecular weight is 319 g/mol. The summed E-state index contributed by atoms with van der Waals surface area (Å²) in [6.45, 7) is 0.893. The molecule has 1 N–H and O–H groups in total. The fourth-order valence-corrected chi connectivity index (χ4v) is 1.33. The van der Waals surface area contributed by atoms with Crippen molar-refractivity contribution < 1.29 is 40.6 Å². The molecule has 0 atom stereocenters. The summed E-state index contributed by atoms with van der Waals surface area (Å²) >= 11 is 0. The van der Waals surface area contributed by atoms with Crippen LogP contribution in [0.3, 0.4) is 0 Å². The predicted molar refractivity (Wildman–Crippen MR) is 54.7 cm³/mol. The van der Waals surface area contributed by atoms with Gasteiger partial charge in [-0.3, -0.25) is 4.79 Å². The Bertz CT molecular complexity index is 589. The van der Waals surface area contributed by atoms with Gasteiger partial charge in [0.2, 0.25) is 0 Å². The van der Waals surface area contributed by atoms with Gasteiger partial charge in [-0.15, -0.1) is 13.2 Å². The second-order valence-electron chi connectivity index (χ2n) is 3.50. The Morgan fingerprint density at radius 2 is 1.81 bits per heavy atom. The number of carbonyl (C=O) groups is 1. The minimum absolute atomic E-state index is 0.0217. The van der Waals surface area contributed by atoms with E-state index < -0.39 is 40.9 Å². The van der Waals surface area contributed by atoms with Crippen LogP contribution in [-0.2, 0) is 10.9 Å². The fraction of sp³-hybridized carbons (Fsp3) is 0.400. The molecule has 5 nitrogen and oxygen atoms in total. The molecule has 1 aromatic rings. The molecule has 0 fully saturated rings. The van der Waals surface area contributed by atoms with Crippen LogP contribution in [-0.4, -0.2) is 23.9 Å². The van der Waals surface area contributed by atoms with Crippen LogP contribution >= 0.6 is 0 Å². The van der Waals surface area contributed by atoms with E-state index in [9.17, 15) is 35.9 Å². The number of nitrogens with one attached hydrogen (secondary N) is 1. The molecule has 0 bridgehead atoms. The van der Waals surface area contributed by atoms with Gasteiger partial charge in [-0.25, -0.2) is 4.79 Å². The molecule has 0 aromatic carbocycles. The van der Waals surface area contributed by atoms with Gasteiger partial charge in [-0.1, -0.05) is 0 Å². The van der Waals surface area contributed by atoms with Crippen LogP contribution in [0.2, 0.25) is 0 Å². The zero-order valence-electron chi connectivity index (χ0n) is 10.2. The Hall–Kier alpha value is -2.20. The summed E-state index contributed by atoms with van der Waals surface area (Å²) in [7, 11) is 0.